The third-order valence-electron chi connectivity index (χ3n) is 5.25. The number of nitrogens with one attached hydrogen (secondary N) is 1. The Morgan fingerprint density at radius 2 is 1.76 bits per heavy atom. The molecule has 0 aliphatic carbocycles. The van der Waals surface area contributed by atoms with E-state index in [0.717, 1.165) is 20.7 Å². The molecule has 2 aromatic carbocycles. The summed E-state index contributed by atoms with van der Waals surface area (Å²) in [6.45, 7) is 1.24. The van der Waals surface area contributed by atoms with Gasteiger partial charge in [-0.05, 0) is 48.4 Å². The summed E-state index contributed by atoms with van der Waals surface area (Å²) in [5.74, 6) is -0.917. The van der Waals surface area contributed by atoms with E-state index in [4.69, 9.17) is 4.74 Å². The minimum Gasteiger partial charge on any atom is -0.497 e. The highest BCUT2D eigenvalue weighted by atomic mass is 32.2. The number of anilines is 1. The van der Waals surface area contributed by atoms with E-state index in [-0.39, 0.29) is 18.1 Å². The maximum atomic E-state index is 13.6. The second kappa shape index (κ2) is 11.8. The zero-order valence-corrected chi connectivity index (χ0v) is 20.8. The monoisotopic (exact) mass is 494 g/mol. The lowest BCUT2D eigenvalue weighted by molar-refractivity contribution is -0.140. The Kier molecular flexibility index (Phi) is 9.39. The van der Waals surface area contributed by atoms with Gasteiger partial charge >= 0.3 is 10.2 Å². The number of methoxy groups -OCH3 is 1. The van der Waals surface area contributed by atoms with Crippen molar-refractivity contribution in [2.45, 2.75) is 25.9 Å². The quantitative estimate of drug-likeness (QED) is 0.515. The van der Waals surface area contributed by atoms with Gasteiger partial charge in [0.2, 0.25) is 11.8 Å². The first-order chi connectivity index (χ1) is 16.0. The molecule has 0 saturated heterocycles. The molecule has 11 heteroatoms. The Morgan fingerprint density at radius 3 is 2.29 bits per heavy atom. The molecule has 2 rings (SSSR count). The maximum absolute atomic E-state index is 13.6. The second-order valence-corrected chi connectivity index (χ2v) is 9.75. The number of nitrogens with zero attached hydrogens (tertiary/aromatic N) is 3. The van der Waals surface area contributed by atoms with Gasteiger partial charge in [-0.2, -0.15) is 12.7 Å². The van der Waals surface area contributed by atoms with Crippen molar-refractivity contribution >= 4 is 27.7 Å². The van der Waals surface area contributed by atoms with Crippen LogP contribution < -0.4 is 14.4 Å². The van der Waals surface area contributed by atoms with Crippen LogP contribution in [0, 0.1) is 5.82 Å². The lowest BCUT2D eigenvalue weighted by Gasteiger charge is -2.33. The lowest BCUT2D eigenvalue weighted by atomic mass is 10.1. The first-order valence-electron chi connectivity index (χ1n) is 10.6. The molecule has 0 spiro atoms. The highest BCUT2D eigenvalue weighted by Crippen LogP contribution is 2.22. The van der Waals surface area contributed by atoms with Crippen molar-refractivity contribution in [2.75, 3.05) is 39.1 Å². The molecule has 0 radical (unpaired) electrons. The molecule has 0 aliphatic heterocycles. The van der Waals surface area contributed by atoms with Gasteiger partial charge < -0.3 is 15.0 Å². The minimum absolute atomic E-state index is 0.0568. The zero-order chi connectivity index (χ0) is 25.5. The Morgan fingerprint density at radius 1 is 1.12 bits per heavy atom. The van der Waals surface area contributed by atoms with Crippen LogP contribution in [0.15, 0.2) is 48.5 Å². The van der Waals surface area contributed by atoms with E-state index < -0.39 is 34.5 Å². The predicted octanol–water partition coefficient (Wildman–Crippen LogP) is 2.00. The zero-order valence-electron chi connectivity index (χ0n) is 20.0. The van der Waals surface area contributed by atoms with Gasteiger partial charge in [0.25, 0.3) is 0 Å². The van der Waals surface area contributed by atoms with Crippen LogP contribution in [0.1, 0.15) is 18.9 Å². The molecule has 0 aromatic heterocycles. The molecule has 0 saturated carbocycles. The standard InChI is InChI=1S/C23H31FN4O5S/c1-6-21(23(30)25-2)27(15-17-8-7-9-20(14-17)33-5)22(29)16-28(34(31,32)26(3)4)19-12-10-18(24)11-13-19/h7-14,21H,6,15-16H2,1-5H3,(H,25,30)/t21-/m0/s1. The molecule has 2 aromatic rings. The summed E-state index contributed by atoms with van der Waals surface area (Å²) in [5, 5.41) is 2.56. The van der Waals surface area contributed by atoms with Gasteiger partial charge in [0.15, 0.2) is 0 Å². The summed E-state index contributed by atoms with van der Waals surface area (Å²) >= 11 is 0. The number of carbonyl (C=O) groups is 2. The first kappa shape index (κ1) is 27.1. The molecule has 0 heterocycles. The molecular formula is C23H31FN4O5S. The molecule has 186 valence electrons. The van der Waals surface area contributed by atoms with Crippen LogP contribution in [0.5, 0.6) is 5.75 Å². The van der Waals surface area contributed by atoms with Crippen molar-refractivity contribution in [1.82, 2.24) is 14.5 Å². The Balaban J connectivity index is 2.49. The SMILES string of the molecule is CC[C@@H](C(=O)NC)N(Cc1cccc(OC)c1)C(=O)CN(c1ccc(F)cc1)S(=O)(=O)N(C)C. The van der Waals surface area contributed by atoms with Crippen LogP contribution in [0.3, 0.4) is 0 Å². The van der Waals surface area contributed by atoms with Crippen molar-refractivity contribution in [3.05, 3.63) is 59.9 Å². The van der Waals surface area contributed by atoms with Gasteiger partial charge in [-0.1, -0.05) is 19.1 Å². The van der Waals surface area contributed by atoms with E-state index in [2.05, 4.69) is 5.32 Å². The molecule has 0 bridgehead atoms. The molecule has 0 fully saturated rings. The Hall–Kier alpha value is -3.18. The normalized spacial score (nSPS) is 12.2. The average Bonchev–Trinajstić information content (AvgIpc) is 2.82. The van der Waals surface area contributed by atoms with E-state index >= 15 is 0 Å². The first-order valence-corrected chi connectivity index (χ1v) is 12.0. The number of ether oxygens (including phenoxy) is 1. The number of carbonyl (C=O) groups excluding carboxylic acids is 2. The summed E-state index contributed by atoms with van der Waals surface area (Å²) in [4.78, 5) is 27.5. The fraction of sp³-hybridized carbons (Fsp3) is 0.391. The summed E-state index contributed by atoms with van der Waals surface area (Å²) < 4.78 is 46.7. The Bertz CT molecular complexity index is 1090. The van der Waals surface area contributed by atoms with Gasteiger partial charge in [-0.15, -0.1) is 0 Å². The predicted molar refractivity (Wildman–Crippen MR) is 128 cm³/mol. The molecular weight excluding hydrogens is 463 g/mol. The Labute approximate surface area is 200 Å². The minimum atomic E-state index is -4.10. The van der Waals surface area contributed by atoms with E-state index in [9.17, 15) is 22.4 Å². The summed E-state index contributed by atoms with van der Waals surface area (Å²) in [6, 6.07) is 11.0. The number of hydrogen-bond donors (Lipinski definition) is 1. The van der Waals surface area contributed by atoms with Crippen LogP contribution in [0.4, 0.5) is 10.1 Å². The number of amides is 2. The molecule has 1 atom stereocenters. The number of rotatable bonds is 11. The fourth-order valence-corrected chi connectivity index (χ4v) is 4.43. The van der Waals surface area contributed by atoms with Gasteiger partial charge in [0, 0.05) is 27.7 Å². The van der Waals surface area contributed by atoms with E-state index in [1.807, 2.05) is 0 Å². The van der Waals surface area contributed by atoms with Gasteiger partial charge in [0.1, 0.15) is 24.2 Å². The molecule has 0 unspecified atom stereocenters. The van der Waals surface area contributed by atoms with Gasteiger partial charge in [-0.3, -0.25) is 9.59 Å². The van der Waals surface area contributed by atoms with Crippen molar-refractivity contribution in [2.24, 2.45) is 0 Å². The van der Waals surface area contributed by atoms with E-state index in [0.29, 0.717) is 17.7 Å². The van der Waals surface area contributed by atoms with Crippen LogP contribution in [-0.2, 0) is 26.3 Å². The summed E-state index contributed by atoms with van der Waals surface area (Å²) in [5.41, 5.74) is 0.830. The third-order valence-corrected chi connectivity index (χ3v) is 7.07. The summed E-state index contributed by atoms with van der Waals surface area (Å²) in [7, 11) is 1.57. The molecule has 0 aliphatic rings. The average molecular weight is 495 g/mol. The third kappa shape index (κ3) is 6.45. The molecule has 2 amide bonds. The highest BCUT2D eigenvalue weighted by Gasteiger charge is 2.33. The highest BCUT2D eigenvalue weighted by molar-refractivity contribution is 7.90. The summed E-state index contributed by atoms with van der Waals surface area (Å²) in [6.07, 6.45) is 0.312. The number of hydrogen-bond acceptors (Lipinski definition) is 5. The lowest BCUT2D eigenvalue weighted by Crippen LogP contribution is -2.52. The van der Waals surface area contributed by atoms with Crippen molar-refractivity contribution in [3.8, 4) is 5.75 Å². The van der Waals surface area contributed by atoms with Crippen LogP contribution in [0.2, 0.25) is 0 Å². The van der Waals surface area contributed by atoms with Crippen molar-refractivity contribution < 1.29 is 27.1 Å². The largest absolute Gasteiger partial charge is 0.497 e. The topological polar surface area (TPSA) is 99.3 Å². The molecule has 1 N–H and O–H groups in total. The smallest absolute Gasteiger partial charge is 0.304 e. The van der Waals surface area contributed by atoms with Crippen LogP contribution in [-0.4, -0.2) is 70.3 Å². The number of likely N-dealkylation sites (N-methyl/N-ethyl adjacent to an activating group) is 1. The van der Waals surface area contributed by atoms with Gasteiger partial charge in [-0.25, -0.2) is 8.70 Å². The van der Waals surface area contributed by atoms with Crippen LogP contribution in [0.25, 0.3) is 0 Å². The molecule has 34 heavy (non-hydrogen) atoms. The van der Waals surface area contributed by atoms with E-state index in [1.165, 1.54) is 45.3 Å². The van der Waals surface area contributed by atoms with Crippen molar-refractivity contribution in [1.29, 1.82) is 0 Å². The van der Waals surface area contributed by atoms with Crippen LogP contribution >= 0.6 is 0 Å². The molecule has 9 nitrogen and oxygen atoms in total. The van der Waals surface area contributed by atoms with Gasteiger partial charge in [0.05, 0.1) is 12.8 Å². The maximum Gasteiger partial charge on any atom is 0.304 e. The fourth-order valence-electron chi connectivity index (χ4n) is 3.38. The van der Waals surface area contributed by atoms with Crippen molar-refractivity contribution in [3.63, 3.8) is 0 Å². The second-order valence-electron chi connectivity index (χ2n) is 7.68. The number of benzene rings is 2. The number of halogens is 1. The van der Waals surface area contributed by atoms with E-state index in [1.54, 1.807) is 31.2 Å².